The summed E-state index contributed by atoms with van der Waals surface area (Å²) in [4.78, 5) is 0. The van der Waals surface area contributed by atoms with Crippen LogP contribution in [0, 0.1) is 46.8 Å². The van der Waals surface area contributed by atoms with Crippen LogP contribution in [0.5, 0.6) is 0 Å². The van der Waals surface area contributed by atoms with Crippen LogP contribution in [0.1, 0.15) is 53.9 Å². The van der Waals surface area contributed by atoms with Crippen molar-refractivity contribution in [1.29, 1.82) is 0 Å². The lowest BCUT2D eigenvalue weighted by Crippen LogP contribution is -2.32. The number of hydrogen-bond donors (Lipinski definition) is 0. The highest BCUT2D eigenvalue weighted by molar-refractivity contribution is 5.23. The molecule has 0 saturated heterocycles. The van der Waals surface area contributed by atoms with Crippen LogP contribution in [0.3, 0.4) is 0 Å². The van der Waals surface area contributed by atoms with Gasteiger partial charge in [-0.15, -0.1) is 0 Å². The van der Waals surface area contributed by atoms with Crippen molar-refractivity contribution in [2.75, 3.05) is 0 Å². The molecule has 7 atom stereocenters. The molecule has 0 nitrogen and oxygen atoms in total. The Balaban J connectivity index is 1.56. The third-order valence-electron chi connectivity index (χ3n) is 6.81. The molecule has 7 unspecified atom stereocenters. The van der Waals surface area contributed by atoms with E-state index in [1.54, 1.807) is 12.8 Å². The van der Waals surface area contributed by atoms with Gasteiger partial charge in [0.25, 0.3) is 0 Å². The summed E-state index contributed by atoms with van der Waals surface area (Å²) < 4.78 is 0. The lowest BCUT2D eigenvalue weighted by Gasteiger charge is -2.41. The molecule has 0 bridgehead atoms. The highest BCUT2D eigenvalue weighted by Crippen LogP contribution is 2.81. The summed E-state index contributed by atoms with van der Waals surface area (Å²) in [5, 5.41) is 0. The molecule has 3 aliphatic carbocycles. The van der Waals surface area contributed by atoms with Gasteiger partial charge >= 0.3 is 0 Å². The lowest BCUT2D eigenvalue weighted by atomic mass is 9.64. The lowest BCUT2D eigenvalue weighted by molar-refractivity contribution is 0.0865. The van der Waals surface area contributed by atoms with Crippen molar-refractivity contribution in [2.45, 2.75) is 53.9 Å². The normalized spacial score (nSPS) is 58.9. The van der Waals surface area contributed by atoms with Gasteiger partial charge in [-0.3, -0.25) is 0 Å². The molecule has 16 heavy (non-hydrogen) atoms. The average molecular weight is 220 g/mol. The molecule has 3 saturated carbocycles. The first-order chi connectivity index (χ1) is 7.48. The van der Waals surface area contributed by atoms with Gasteiger partial charge in [0, 0.05) is 0 Å². The van der Waals surface area contributed by atoms with Crippen molar-refractivity contribution in [3.05, 3.63) is 0 Å². The van der Waals surface area contributed by atoms with E-state index in [1.807, 2.05) is 0 Å². The van der Waals surface area contributed by atoms with Crippen molar-refractivity contribution in [3.8, 4) is 0 Å². The van der Waals surface area contributed by atoms with E-state index in [4.69, 9.17) is 0 Å². The van der Waals surface area contributed by atoms with Gasteiger partial charge in [0.05, 0.1) is 0 Å². The van der Waals surface area contributed by atoms with Gasteiger partial charge in [-0.1, -0.05) is 34.6 Å². The van der Waals surface area contributed by atoms with Gasteiger partial charge in [-0.25, -0.2) is 0 Å². The molecule has 3 fully saturated rings. The van der Waals surface area contributed by atoms with Crippen molar-refractivity contribution in [2.24, 2.45) is 46.8 Å². The number of hydrogen-bond acceptors (Lipinski definition) is 0. The highest BCUT2D eigenvalue weighted by Gasteiger charge is 2.75. The molecule has 0 heteroatoms. The van der Waals surface area contributed by atoms with E-state index in [0.29, 0.717) is 0 Å². The minimum Gasteiger partial charge on any atom is -0.0625 e. The molecular formula is C16H28. The average Bonchev–Trinajstić information content (AvgIpc) is 3.09. The SMILES string of the molecule is CC(C)C1CC12C(C)C2CC1CC(C)C1C. The smallest absolute Gasteiger partial charge is 0.0204 e. The third kappa shape index (κ3) is 1.28. The maximum absolute atomic E-state index is 2.53. The predicted molar refractivity (Wildman–Crippen MR) is 69.1 cm³/mol. The summed E-state index contributed by atoms with van der Waals surface area (Å²) in [5.41, 5.74) is 0.854. The van der Waals surface area contributed by atoms with E-state index >= 15 is 0 Å². The Morgan fingerprint density at radius 1 is 1.19 bits per heavy atom. The van der Waals surface area contributed by atoms with Crippen LogP contribution in [0.4, 0.5) is 0 Å². The van der Waals surface area contributed by atoms with E-state index in [2.05, 4.69) is 34.6 Å². The molecule has 0 aromatic heterocycles. The van der Waals surface area contributed by atoms with E-state index in [0.717, 1.165) is 46.8 Å². The van der Waals surface area contributed by atoms with Crippen LogP contribution in [-0.4, -0.2) is 0 Å². The summed E-state index contributed by atoms with van der Waals surface area (Å²) in [7, 11) is 0. The van der Waals surface area contributed by atoms with Crippen LogP contribution < -0.4 is 0 Å². The Hall–Kier alpha value is 0. The predicted octanol–water partition coefficient (Wildman–Crippen LogP) is 4.60. The van der Waals surface area contributed by atoms with Crippen LogP contribution in [0.2, 0.25) is 0 Å². The van der Waals surface area contributed by atoms with Crippen molar-refractivity contribution < 1.29 is 0 Å². The third-order valence-corrected chi connectivity index (χ3v) is 6.81. The molecule has 3 rings (SSSR count). The summed E-state index contributed by atoms with van der Waals surface area (Å²) in [6.45, 7) is 12.3. The maximum atomic E-state index is 2.53. The first-order valence-corrected chi connectivity index (χ1v) is 7.48. The largest absolute Gasteiger partial charge is 0.0625 e. The Labute approximate surface area is 101 Å². The van der Waals surface area contributed by atoms with E-state index in [9.17, 15) is 0 Å². The Bertz CT molecular complexity index is 292. The molecule has 0 heterocycles. The molecule has 0 aromatic carbocycles. The van der Waals surface area contributed by atoms with Crippen molar-refractivity contribution in [3.63, 3.8) is 0 Å². The maximum Gasteiger partial charge on any atom is -0.0204 e. The zero-order valence-electron chi connectivity index (χ0n) is 11.7. The highest BCUT2D eigenvalue weighted by atomic mass is 14.8. The van der Waals surface area contributed by atoms with Gasteiger partial charge in [0.1, 0.15) is 0 Å². The summed E-state index contributed by atoms with van der Waals surface area (Å²) in [6, 6.07) is 0. The molecule has 0 aliphatic heterocycles. The molecule has 0 radical (unpaired) electrons. The first kappa shape index (κ1) is 11.1. The van der Waals surface area contributed by atoms with Gasteiger partial charge < -0.3 is 0 Å². The molecule has 92 valence electrons. The zero-order chi connectivity index (χ0) is 11.7. The molecular weight excluding hydrogens is 192 g/mol. The van der Waals surface area contributed by atoms with Crippen LogP contribution >= 0.6 is 0 Å². The second-order valence-corrected chi connectivity index (χ2v) is 7.63. The monoisotopic (exact) mass is 220 g/mol. The van der Waals surface area contributed by atoms with E-state index < -0.39 is 0 Å². The van der Waals surface area contributed by atoms with Crippen LogP contribution in [0.15, 0.2) is 0 Å². The fraction of sp³-hybridized carbons (Fsp3) is 1.00. The molecule has 0 N–H and O–H groups in total. The van der Waals surface area contributed by atoms with Crippen molar-refractivity contribution >= 4 is 0 Å². The summed E-state index contributed by atoms with van der Waals surface area (Å²) in [5.74, 6) is 7.29. The van der Waals surface area contributed by atoms with Crippen LogP contribution in [-0.2, 0) is 0 Å². The molecule has 1 spiro atoms. The minimum atomic E-state index is 0.854. The van der Waals surface area contributed by atoms with Crippen molar-refractivity contribution in [1.82, 2.24) is 0 Å². The standard InChI is InChI=1S/C16H28/c1-9(2)15-8-16(15)12(5)14(16)7-13-6-10(3)11(13)4/h9-15H,6-8H2,1-5H3. The Morgan fingerprint density at radius 3 is 2.31 bits per heavy atom. The molecule has 0 aromatic rings. The summed E-state index contributed by atoms with van der Waals surface area (Å²) >= 11 is 0. The Kier molecular flexibility index (Phi) is 2.27. The molecule has 3 aliphatic rings. The van der Waals surface area contributed by atoms with E-state index in [1.165, 1.54) is 6.42 Å². The summed E-state index contributed by atoms with van der Waals surface area (Å²) in [6.07, 6.45) is 4.65. The fourth-order valence-electron chi connectivity index (χ4n) is 5.12. The van der Waals surface area contributed by atoms with Gasteiger partial charge in [0.2, 0.25) is 0 Å². The van der Waals surface area contributed by atoms with Gasteiger partial charge in [-0.05, 0) is 66.1 Å². The van der Waals surface area contributed by atoms with Gasteiger partial charge in [0.15, 0.2) is 0 Å². The first-order valence-electron chi connectivity index (χ1n) is 7.48. The van der Waals surface area contributed by atoms with Gasteiger partial charge in [-0.2, -0.15) is 0 Å². The second kappa shape index (κ2) is 3.27. The molecule has 0 amide bonds. The second-order valence-electron chi connectivity index (χ2n) is 7.63. The Morgan fingerprint density at radius 2 is 1.88 bits per heavy atom. The number of rotatable bonds is 3. The topological polar surface area (TPSA) is 0 Å². The zero-order valence-corrected chi connectivity index (χ0v) is 11.7. The fourth-order valence-corrected chi connectivity index (χ4v) is 5.12. The quantitative estimate of drug-likeness (QED) is 0.652. The van der Waals surface area contributed by atoms with Crippen LogP contribution in [0.25, 0.3) is 0 Å². The minimum absolute atomic E-state index is 0.854. The van der Waals surface area contributed by atoms with E-state index in [-0.39, 0.29) is 0 Å².